The average molecular weight is 257 g/mol. The monoisotopic (exact) mass is 257 g/mol. The summed E-state index contributed by atoms with van der Waals surface area (Å²) >= 11 is 0. The van der Waals surface area contributed by atoms with Crippen LogP contribution in [0.3, 0.4) is 0 Å². The molecule has 0 unspecified atom stereocenters. The van der Waals surface area contributed by atoms with Gasteiger partial charge in [-0.05, 0) is 11.6 Å². The number of benzene rings is 1. The summed E-state index contributed by atoms with van der Waals surface area (Å²) in [5.74, 6) is 0. The minimum absolute atomic E-state index is 0.0958. The van der Waals surface area contributed by atoms with Crippen molar-refractivity contribution in [1.29, 1.82) is 0 Å². The standard InChI is InChI=1S/C15H19N3O/c1-11(2)16-10-12-4-6-13(7-5-12)14-8-9-15(19)18(3)17-14/h4-9,11,16H,10H2,1-3H3. The molecular formula is C15H19N3O. The van der Waals surface area contributed by atoms with Crippen LogP contribution in [0.5, 0.6) is 0 Å². The van der Waals surface area contributed by atoms with Gasteiger partial charge in [0.05, 0.1) is 5.69 Å². The number of nitrogens with one attached hydrogen (secondary N) is 1. The highest BCUT2D eigenvalue weighted by atomic mass is 16.1. The molecule has 0 saturated carbocycles. The van der Waals surface area contributed by atoms with E-state index in [0.717, 1.165) is 17.8 Å². The van der Waals surface area contributed by atoms with Crippen LogP contribution in [0.2, 0.25) is 0 Å². The van der Waals surface area contributed by atoms with E-state index in [-0.39, 0.29) is 5.56 Å². The van der Waals surface area contributed by atoms with Crippen LogP contribution in [0.15, 0.2) is 41.2 Å². The van der Waals surface area contributed by atoms with Crippen LogP contribution >= 0.6 is 0 Å². The van der Waals surface area contributed by atoms with Gasteiger partial charge in [0.15, 0.2) is 0 Å². The Labute approximate surface area is 113 Å². The number of aromatic nitrogens is 2. The van der Waals surface area contributed by atoms with Crippen LogP contribution in [0.25, 0.3) is 11.3 Å². The second kappa shape index (κ2) is 5.80. The van der Waals surface area contributed by atoms with E-state index in [4.69, 9.17) is 0 Å². The predicted molar refractivity (Wildman–Crippen MR) is 76.9 cm³/mol. The maximum absolute atomic E-state index is 11.3. The van der Waals surface area contributed by atoms with Crippen LogP contribution < -0.4 is 10.9 Å². The largest absolute Gasteiger partial charge is 0.310 e. The van der Waals surface area contributed by atoms with E-state index >= 15 is 0 Å². The minimum atomic E-state index is -0.0958. The van der Waals surface area contributed by atoms with Gasteiger partial charge in [0.2, 0.25) is 0 Å². The van der Waals surface area contributed by atoms with Gasteiger partial charge in [0.1, 0.15) is 0 Å². The van der Waals surface area contributed by atoms with Gasteiger partial charge in [0, 0.05) is 31.3 Å². The van der Waals surface area contributed by atoms with Gasteiger partial charge in [-0.3, -0.25) is 4.79 Å². The molecule has 4 nitrogen and oxygen atoms in total. The fraction of sp³-hybridized carbons (Fsp3) is 0.333. The molecule has 0 aliphatic rings. The van der Waals surface area contributed by atoms with Gasteiger partial charge in [-0.2, -0.15) is 5.10 Å². The number of hydrogen-bond acceptors (Lipinski definition) is 3. The van der Waals surface area contributed by atoms with E-state index in [1.807, 2.05) is 12.1 Å². The lowest BCUT2D eigenvalue weighted by Crippen LogP contribution is -2.21. The second-order valence-electron chi connectivity index (χ2n) is 4.91. The van der Waals surface area contributed by atoms with Crippen molar-refractivity contribution in [1.82, 2.24) is 15.1 Å². The van der Waals surface area contributed by atoms with Crippen molar-refractivity contribution in [3.05, 3.63) is 52.3 Å². The Balaban J connectivity index is 2.17. The van der Waals surface area contributed by atoms with Crippen molar-refractivity contribution in [2.75, 3.05) is 0 Å². The quantitative estimate of drug-likeness (QED) is 0.910. The molecule has 0 fully saturated rings. The Kier molecular flexibility index (Phi) is 4.12. The molecular weight excluding hydrogens is 238 g/mol. The molecule has 4 heteroatoms. The van der Waals surface area contributed by atoms with Crippen molar-refractivity contribution >= 4 is 0 Å². The zero-order chi connectivity index (χ0) is 13.8. The van der Waals surface area contributed by atoms with E-state index in [9.17, 15) is 4.79 Å². The Morgan fingerprint density at radius 2 is 1.84 bits per heavy atom. The van der Waals surface area contributed by atoms with E-state index in [0.29, 0.717) is 6.04 Å². The molecule has 1 aromatic heterocycles. The van der Waals surface area contributed by atoms with Gasteiger partial charge >= 0.3 is 0 Å². The average Bonchev–Trinajstić information content (AvgIpc) is 2.40. The summed E-state index contributed by atoms with van der Waals surface area (Å²) in [6.45, 7) is 5.12. The molecule has 0 bridgehead atoms. The molecule has 2 rings (SSSR count). The molecule has 0 aliphatic heterocycles. The van der Waals surface area contributed by atoms with Crippen molar-refractivity contribution < 1.29 is 0 Å². The third kappa shape index (κ3) is 3.51. The molecule has 0 atom stereocenters. The Morgan fingerprint density at radius 1 is 1.16 bits per heavy atom. The highest BCUT2D eigenvalue weighted by Gasteiger charge is 2.02. The van der Waals surface area contributed by atoms with Crippen molar-refractivity contribution in [3.8, 4) is 11.3 Å². The molecule has 19 heavy (non-hydrogen) atoms. The Bertz CT molecular complexity index is 600. The van der Waals surface area contributed by atoms with E-state index in [1.54, 1.807) is 13.1 Å². The predicted octanol–water partition coefficient (Wildman–Crippen LogP) is 1.95. The zero-order valence-electron chi connectivity index (χ0n) is 11.6. The molecule has 1 heterocycles. The van der Waals surface area contributed by atoms with Crippen molar-refractivity contribution in [3.63, 3.8) is 0 Å². The summed E-state index contributed by atoms with van der Waals surface area (Å²) in [6, 6.07) is 12.0. The summed E-state index contributed by atoms with van der Waals surface area (Å²) in [5.41, 5.74) is 2.97. The number of aryl methyl sites for hydroxylation is 1. The SMILES string of the molecule is CC(C)NCc1ccc(-c2ccc(=O)n(C)n2)cc1. The van der Waals surface area contributed by atoms with Gasteiger partial charge in [-0.25, -0.2) is 4.68 Å². The number of rotatable bonds is 4. The molecule has 0 amide bonds. The van der Waals surface area contributed by atoms with Gasteiger partial charge in [0.25, 0.3) is 5.56 Å². The molecule has 0 saturated heterocycles. The van der Waals surface area contributed by atoms with Gasteiger partial charge in [-0.1, -0.05) is 38.1 Å². The van der Waals surface area contributed by atoms with Gasteiger partial charge in [-0.15, -0.1) is 0 Å². The Morgan fingerprint density at radius 3 is 2.42 bits per heavy atom. The van der Waals surface area contributed by atoms with Crippen LogP contribution in [-0.4, -0.2) is 15.8 Å². The van der Waals surface area contributed by atoms with Crippen LogP contribution in [-0.2, 0) is 13.6 Å². The first-order valence-electron chi connectivity index (χ1n) is 6.43. The minimum Gasteiger partial charge on any atom is -0.310 e. The molecule has 1 aromatic carbocycles. The van der Waals surface area contributed by atoms with Gasteiger partial charge < -0.3 is 5.32 Å². The normalized spacial score (nSPS) is 10.9. The summed E-state index contributed by atoms with van der Waals surface area (Å²) in [5, 5.41) is 7.61. The first-order valence-corrected chi connectivity index (χ1v) is 6.43. The fourth-order valence-electron chi connectivity index (χ4n) is 1.77. The third-order valence-corrected chi connectivity index (χ3v) is 2.92. The van der Waals surface area contributed by atoms with Crippen molar-refractivity contribution in [2.24, 2.45) is 7.05 Å². The molecule has 2 aromatic rings. The lowest BCUT2D eigenvalue weighted by molar-refractivity contribution is 0.589. The molecule has 0 spiro atoms. The third-order valence-electron chi connectivity index (χ3n) is 2.92. The van der Waals surface area contributed by atoms with Crippen molar-refractivity contribution in [2.45, 2.75) is 26.4 Å². The highest BCUT2D eigenvalue weighted by molar-refractivity contribution is 5.58. The van der Waals surface area contributed by atoms with Crippen LogP contribution in [0.4, 0.5) is 0 Å². The summed E-state index contributed by atoms with van der Waals surface area (Å²) in [4.78, 5) is 11.3. The van der Waals surface area contributed by atoms with Crippen LogP contribution in [0.1, 0.15) is 19.4 Å². The first-order chi connectivity index (χ1) is 9.06. The summed E-state index contributed by atoms with van der Waals surface area (Å²) in [7, 11) is 1.66. The number of nitrogens with zero attached hydrogens (tertiary/aromatic N) is 2. The first kappa shape index (κ1) is 13.5. The van der Waals surface area contributed by atoms with E-state index < -0.39 is 0 Å². The zero-order valence-corrected chi connectivity index (χ0v) is 11.6. The van der Waals surface area contributed by atoms with E-state index in [2.05, 4.69) is 36.4 Å². The number of hydrogen-bond donors (Lipinski definition) is 1. The van der Waals surface area contributed by atoms with E-state index in [1.165, 1.54) is 16.3 Å². The fourth-order valence-corrected chi connectivity index (χ4v) is 1.77. The lowest BCUT2D eigenvalue weighted by Gasteiger charge is -2.08. The highest BCUT2D eigenvalue weighted by Crippen LogP contribution is 2.16. The lowest BCUT2D eigenvalue weighted by atomic mass is 10.1. The topological polar surface area (TPSA) is 46.9 Å². The molecule has 1 N–H and O–H groups in total. The second-order valence-corrected chi connectivity index (χ2v) is 4.91. The maximum atomic E-state index is 11.3. The molecule has 0 radical (unpaired) electrons. The smallest absolute Gasteiger partial charge is 0.266 e. The Hall–Kier alpha value is -1.94. The summed E-state index contributed by atoms with van der Waals surface area (Å²) in [6.07, 6.45) is 0. The molecule has 0 aliphatic carbocycles. The molecule has 100 valence electrons. The maximum Gasteiger partial charge on any atom is 0.266 e. The summed E-state index contributed by atoms with van der Waals surface area (Å²) < 4.78 is 1.35. The van der Waals surface area contributed by atoms with Crippen LogP contribution in [0, 0.1) is 0 Å².